The second kappa shape index (κ2) is 13.1. The van der Waals surface area contributed by atoms with E-state index in [1.807, 2.05) is 36.4 Å². The van der Waals surface area contributed by atoms with E-state index < -0.39 is 6.16 Å². The molecule has 232 valence electrons. The molecule has 1 aliphatic rings. The standard InChI is InChI=1S/C34H37NO9/c1-8-43-34(36)44-27-18-32(42-7)31(41-6)17-23(27)25-19-35-12-11-21-15-29(39-4)30(40-5)16-22(21)33(35)24(25)13-20-9-10-26(37-2)28(14-20)38-3/h9-10,14-19H,8,11-13H2,1-7H3. The highest BCUT2D eigenvalue weighted by atomic mass is 16.7. The minimum absolute atomic E-state index is 0.175. The third-order valence-electron chi connectivity index (χ3n) is 7.73. The Labute approximate surface area is 256 Å². The van der Waals surface area contributed by atoms with E-state index in [0.717, 1.165) is 46.5 Å². The number of benzene rings is 3. The Balaban J connectivity index is 1.78. The van der Waals surface area contributed by atoms with Gasteiger partial charge < -0.3 is 42.5 Å². The first-order chi connectivity index (χ1) is 21.4. The first-order valence-electron chi connectivity index (χ1n) is 14.2. The molecule has 5 rings (SSSR count). The Morgan fingerprint density at radius 2 is 1.27 bits per heavy atom. The Morgan fingerprint density at radius 1 is 0.682 bits per heavy atom. The predicted octanol–water partition coefficient (Wildman–Crippen LogP) is 6.56. The number of carbonyl (C=O) groups is 1. The van der Waals surface area contributed by atoms with Crippen molar-refractivity contribution in [3.63, 3.8) is 0 Å². The molecule has 0 N–H and O–H groups in total. The predicted molar refractivity (Wildman–Crippen MR) is 165 cm³/mol. The molecule has 0 unspecified atom stereocenters. The number of ether oxygens (including phenoxy) is 8. The molecule has 0 radical (unpaired) electrons. The lowest BCUT2D eigenvalue weighted by Gasteiger charge is -2.23. The molecule has 0 amide bonds. The highest BCUT2D eigenvalue weighted by Gasteiger charge is 2.29. The fraction of sp³-hybridized carbons (Fsp3) is 0.324. The van der Waals surface area contributed by atoms with Gasteiger partial charge in [0.2, 0.25) is 0 Å². The maximum atomic E-state index is 12.6. The van der Waals surface area contributed by atoms with Crippen molar-refractivity contribution < 1.29 is 42.7 Å². The van der Waals surface area contributed by atoms with Gasteiger partial charge in [0.15, 0.2) is 34.5 Å². The van der Waals surface area contributed by atoms with Crippen LogP contribution in [-0.2, 0) is 24.1 Å². The fourth-order valence-electron chi connectivity index (χ4n) is 5.68. The third-order valence-corrected chi connectivity index (χ3v) is 7.73. The van der Waals surface area contributed by atoms with E-state index in [1.165, 1.54) is 7.11 Å². The van der Waals surface area contributed by atoms with Gasteiger partial charge in [0.1, 0.15) is 5.75 Å². The summed E-state index contributed by atoms with van der Waals surface area (Å²) < 4.78 is 46.7. The maximum absolute atomic E-state index is 12.6. The van der Waals surface area contributed by atoms with Crippen LogP contribution in [-0.4, -0.2) is 60.0 Å². The van der Waals surface area contributed by atoms with E-state index in [1.54, 1.807) is 48.5 Å². The van der Waals surface area contributed by atoms with Crippen molar-refractivity contribution in [2.24, 2.45) is 0 Å². The summed E-state index contributed by atoms with van der Waals surface area (Å²) in [5.74, 6) is 3.78. The number of hydrogen-bond acceptors (Lipinski definition) is 9. The quantitative estimate of drug-likeness (QED) is 0.140. The van der Waals surface area contributed by atoms with E-state index in [2.05, 4.69) is 10.8 Å². The Kier molecular flexibility index (Phi) is 9.08. The molecule has 0 fully saturated rings. The number of hydrogen-bond donors (Lipinski definition) is 0. The van der Waals surface area contributed by atoms with Crippen molar-refractivity contribution >= 4 is 6.16 Å². The zero-order valence-corrected chi connectivity index (χ0v) is 26.1. The molecule has 0 spiro atoms. The summed E-state index contributed by atoms with van der Waals surface area (Å²) >= 11 is 0. The Morgan fingerprint density at radius 3 is 1.91 bits per heavy atom. The largest absolute Gasteiger partial charge is 0.513 e. The van der Waals surface area contributed by atoms with Crippen LogP contribution in [0.4, 0.5) is 4.79 Å². The highest BCUT2D eigenvalue weighted by Crippen LogP contribution is 2.48. The third kappa shape index (κ3) is 5.67. The molecule has 44 heavy (non-hydrogen) atoms. The van der Waals surface area contributed by atoms with Crippen molar-refractivity contribution in [1.82, 2.24) is 4.57 Å². The normalized spacial score (nSPS) is 11.6. The molecule has 10 heteroatoms. The summed E-state index contributed by atoms with van der Waals surface area (Å²) in [6, 6.07) is 13.4. The molecule has 10 nitrogen and oxygen atoms in total. The number of rotatable bonds is 11. The zero-order chi connectivity index (χ0) is 31.4. The Hall–Kier alpha value is -4.99. The summed E-state index contributed by atoms with van der Waals surface area (Å²) in [4.78, 5) is 12.6. The van der Waals surface area contributed by atoms with E-state index in [9.17, 15) is 4.79 Å². The SMILES string of the molecule is CCOC(=O)Oc1cc(OC)c(OC)cc1-c1cn2c(c1Cc1ccc(OC)c(OC)c1)-c1cc(OC)c(OC)cc1CC2. The molecule has 1 aliphatic heterocycles. The van der Waals surface area contributed by atoms with Crippen LogP contribution in [0.15, 0.2) is 48.7 Å². The van der Waals surface area contributed by atoms with Gasteiger partial charge in [-0.05, 0) is 60.4 Å². The first-order valence-corrected chi connectivity index (χ1v) is 14.2. The number of methoxy groups -OCH3 is 6. The summed E-state index contributed by atoms with van der Waals surface area (Å²) in [5.41, 5.74) is 6.71. The summed E-state index contributed by atoms with van der Waals surface area (Å²) in [6.07, 6.45) is 2.60. The van der Waals surface area contributed by atoms with Crippen molar-refractivity contribution in [1.29, 1.82) is 0 Å². The first kappa shape index (κ1) is 30.5. The topological polar surface area (TPSA) is 95.8 Å². The van der Waals surface area contributed by atoms with Crippen LogP contribution in [0.25, 0.3) is 22.4 Å². The molecule has 1 aromatic heterocycles. The molecule has 0 saturated carbocycles. The van der Waals surface area contributed by atoms with Crippen molar-refractivity contribution in [3.05, 3.63) is 65.4 Å². The van der Waals surface area contributed by atoms with Crippen LogP contribution in [0.2, 0.25) is 0 Å². The van der Waals surface area contributed by atoms with Gasteiger partial charge in [-0.25, -0.2) is 4.79 Å². The number of fused-ring (bicyclic) bond motifs is 3. The minimum atomic E-state index is -0.812. The lowest BCUT2D eigenvalue weighted by molar-refractivity contribution is 0.104. The van der Waals surface area contributed by atoms with Crippen LogP contribution in [0.1, 0.15) is 23.6 Å². The van der Waals surface area contributed by atoms with Gasteiger partial charge in [-0.1, -0.05) is 6.07 Å². The second-order valence-corrected chi connectivity index (χ2v) is 10.0. The second-order valence-electron chi connectivity index (χ2n) is 10.0. The van der Waals surface area contributed by atoms with Crippen molar-refractivity contribution in [2.75, 3.05) is 49.3 Å². The van der Waals surface area contributed by atoms with Crippen LogP contribution in [0, 0.1) is 0 Å². The van der Waals surface area contributed by atoms with E-state index >= 15 is 0 Å². The van der Waals surface area contributed by atoms with E-state index in [4.69, 9.17) is 37.9 Å². The van der Waals surface area contributed by atoms with Gasteiger partial charge in [-0.3, -0.25) is 0 Å². The van der Waals surface area contributed by atoms with Gasteiger partial charge in [-0.15, -0.1) is 0 Å². The number of aryl methyl sites for hydroxylation is 2. The van der Waals surface area contributed by atoms with Gasteiger partial charge in [-0.2, -0.15) is 0 Å². The number of aromatic nitrogens is 1. The van der Waals surface area contributed by atoms with Gasteiger partial charge in [0.25, 0.3) is 0 Å². The van der Waals surface area contributed by atoms with Crippen LogP contribution in [0.3, 0.4) is 0 Å². The molecule has 0 saturated heterocycles. The molecule has 4 aromatic rings. The Bertz CT molecular complexity index is 1670. The molecular weight excluding hydrogens is 566 g/mol. The monoisotopic (exact) mass is 603 g/mol. The molecule has 2 heterocycles. The smallest absolute Gasteiger partial charge is 0.493 e. The van der Waals surface area contributed by atoms with Gasteiger partial charge in [0.05, 0.1) is 55.0 Å². The lowest BCUT2D eigenvalue weighted by Crippen LogP contribution is -2.11. The minimum Gasteiger partial charge on any atom is -0.493 e. The summed E-state index contributed by atoms with van der Waals surface area (Å²) in [5, 5.41) is 0. The maximum Gasteiger partial charge on any atom is 0.513 e. The van der Waals surface area contributed by atoms with Crippen LogP contribution < -0.4 is 33.2 Å². The summed E-state index contributed by atoms with van der Waals surface area (Å²) in [7, 11) is 9.60. The van der Waals surface area contributed by atoms with Crippen molar-refractivity contribution in [2.45, 2.75) is 26.3 Å². The molecule has 0 aliphatic carbocycles. The van der Waals surface area contributed by atoms with Crippen LogP contribution >= 0.6 is 0 Å². The van der Waals surface area contributed by atoms with E-state index in [-0.39, 0.29) is 12.4 Å². The fourth-order valence-corrected chi connectivity index (χ4v) is 5.68. The van der Waals surface area contributed by atoms with Crippen molar-refractivity contribution in [3.8, 4) is 62.6 Å². The average molecular weight is 604 g/mol. The average Bonchev–Trinajstić information content (AvgIpc) is 3.41. The number of nitrogens with zero attached hydrogens (tertiary/aromatic N) is 1. The lowest BCUT2D eigenvalue weighted by atomic mass is 9.90. The summed E-state index contributed by atoms with van der Waals surface area (Å²) in [6.45, 7) is 2.63. The zero-order valence-electron chi connectivity index (χ0n) is 26.1. The van der Waals surface area contributed by atoms with Gasteiger partial charge >= 0.3 is 6.16 Å². The molecule has 0 atom stereocenters. The highest BCUT2D eigenvalue weighted by molar-refractivity contribution is 5.86. The molecule has 0 bridgehead atoms. The molecule has 3 aromatic carbocycles. The van der Waals surface area contributed by atoms with Gasteiger partial charge in [0, 0.05) is 41.9 Å². The molecular formula is C34H37NO9. The van der Waals surface area contributed by atoms with E-state index in [0.29, 0.717) is 46.5 Å². The number of carbonyl (C=O) groups excluding carboxylic acids is 1. The van der Waals surface area contributed by atoms with Crippen LogP contribution in [0.5, 0.6) is 40.2 Å².